The van der Waals surface area contributed by atoms with Crippen molar-refractivity contribution in [3.8, 4) is 11.5 Å². The van der Waals surface area contributed by atoms with Crippen molar-refractivity contribution in [2.45, 2.75) is 6.10 Å². The summed E-state index contributed by atoms with van der Waals surface area (Å²) >= 11 is 0. The second-order valence-corrected chi connectivity index (χ2v) is 4.77. The molecule has 0 saturated heterocycles. The molecule has 0 radical (unpaired) electrons. The lowest BCUT2D eigenvalue weighted by molar-refractivity contribution is -0.118. The van der Waals surface area contributed by atoms with Gasteiger partial charge in [0.1, 0.15) is 17.6 Å². The number of hydrogen-bond acceptors (Lipinski definition) is 4. The van der Waals surface area contributed by atoms with Gasteiger partial charge in [0.15, 0.2) is 6.61 Å². The maximum atomic E-state index is 11.3. The molecule has 1 amide bonds. The van der Waals surface area contributed by atoms with E-state index in [1.807, 2.05) is 0 Å². The van der Waals surface area contributed by atoms with Crippen molar-refractivity contribution in [1.29, 1.82) is 0 Å². The van der Waals surface area contributed by atoms with Crippen LogP contribution in [0.3, 0.4) is 0 Å². The number of carbonyl (C=O) groups is 1. The van der Waals surface area contributed by atoms with E-state index in [4.69, 9.17) is 9.47 Å². The highest BCUT2D eigenvalue weighted by Gasteiger charge is 2.18. The Kier molecular flexibility index (Phi) is 3.50. The summed E-state index contributed by atoms with van der Waals surface area (Å²) in [5.41, 5.74) is 2.01. The minimum atomic E-state index is -0.778. The Morgan fingerprint density at radius 2 is 1.90 bits per heavy atom. The maximum absolute atomic E-state index is 11.3. The van der Waals surface area contributed by atoms with E-state index < -0.39 is 6.10 Å². The van der Waals surface area contributed by atoms with Crippen LogP contribution >= 0.6 is 0 Å². The van der Waals surface area contributed by atoms with Gasteiger partial charge in [-0.05, 0) is 35.4 Å². The number of nitrogens with one attached hydrogen (secondary N) is 1. The number of amides is 1. The Morgan fingerprint density at radius 3 is 2.62 bits per heavy atom. The van der Waals surface area contributed by atoms with Crippen molar-refractivity contribution in [3.63, 3.8) is 0 Å². The van der Waals surface area contributed by atoms with Crippen LogP contribution in [0.2, 0.25) is 0 Å². The molecule has 0 aliphatic carbocycles. The van der Waals surface area contributed by atoms with Gasteiger partial charge in [0.2, 0.25) is 0 Å². The molecule has 0 fully saturated rings. The molecule has 2 aromatic carbocycles. The van der Waals surface area contributed by atoms with Gasteiger partial charge in [0.25, 0.3) is 5.91 Å². The molecule has 5 nitrogen and oxygen atoms in total. The van der Waals surface area contributed by atoms with Gasteiger partial charge >= 0.3 is 0 Å². The summed E-state index contributed by atoms with van der Waals surface area (Å²) in [6.07, 6.45) is -0.778. The van der Waals surface area contributed by atoms with Crippen LogP contribution in [0.25, 0.3) is 0 Å². The summed E-state index contributed by atoms with van der Waals surface area (Å²) in [6, 6.07) is 12.4. The molecule has 0 bridgehead atoms. The molecule has 2 aromatic rings. The number of methoxy groups -OCH3 is 1. The molecule has 0 aromatic heterocycles. The van der Waals surface area contributed by atoms with Crippen molar-refractivity contribution in [2.24, 2.45) is 0 Å². The van der Waals surface area contributed by atoms with Crippen LogP contribution in [-0.2, 0) is 4.79 Å². The zero-order chi connectivity index (χ0) is 14.8. The molecule has 5 heteroatoms. The Bertz CT molecular complexity index is 666. The van der Waals surface area contributed by atoms with Crippen molar-refractivity contribution < 1.29 is 19.4 Å². The third-order valence-electron chi connectivity index (χ3n) is 3.38. The lowest BCUT2D eigenvalue weighted by Gasteiger charge is -2.20. The summed E-state index contributed by atoms with van der Waals surface area (Å²) in [4.78, 5) is 11.3. The van der Waals surface area contributed by atoms with Gasteiger partial charge in [0.05, 0.1) is 12.8 Å². The van der Waals surface area contributed by atoms with Crippen LogP contribution in [0.1, 0.15) is 17.2 Å². The van der Waals surface area contributed by atoms with Crippen LogP contribution in [-0.4, -0.2) is 24.7 Å². The number of fused-ring (bicyclic) bond motifs is 1. The van der Waals surface area contributed by atoms with E-state index in [0.29, 0.717) is 17.0 Å². The molecule has 2 N–H and O–H groups in total. The van der Waals surface area contributed by atoms with E-state index in [9.17, 15) is 9.90 Å². The minimum Gasteiger partial charge on any atom is -0.497 e. The number of carbonyl (C=O) groups excluding carboxylic acids is 1. The van der Waals surface area contributed by atoms with E-state index in [0.717, 1.165) is 11.3 Å². The van der Waals surface area contributed by atoms with Gasteiger partial charge in [-0.1, -0.05) is 18.2 Å². The molecule has 0 spiro atoms. The maximum Gasteiger partial charge on any atom is 0.262 e. The second-order valence-electron chi connectivity index (χ2n) is 4.77. The van der Waals surface area contributed by atoms with Crippen LogP contribution < -0.4 is 14.8 Å². The first-order valence-corrected chi connectivity index (χ1v) is 6.56. The monoisotopic (exact) mass is 285 g/mol. The molecule has 3 rings (SSSR count). The number of benzene rings is 2. The van der Waals surface area contributed by atoms with Crippen LogP contribution in [0.15, 0.2) is 42.5 Å². The van der Waals surface area contributed by atoms with Gasteiger partial charge in [-0.2, -0.15) is 0 Å². The Hall–Kier alpha value is -2.53. The smallest absolute Gasteiger partial charge is 0.262 e. The number of aliphatic hydroxyl groups excluding tert-OH is 1. The van der Waals surface area contributed by atoms with Crippen LogP contribution in [0.5, 0.6) is 11.5 Å². The second kappa shape index (κ2) is 5.46. The lowest BCUT2D eigenvalue weighted by atomic mass is 10.0. The van der Waals surface area contributed by atoms with E-state index in [1.165, 1.54) is 0 Å². The number of anilines is 1. The van der Waals surface area contributed by atoms with E-state index in [2.05, 4.69) is 5.32 Å². The Morgan fingerprint density at radius 1 is 1.19 bits per heavy atom. The van der Waals surface area contributed by atoms with E-state index >= 15 is 0 Å². The summed E-state index contributed by atoms with van der Waals surface area (Å²) < 4.78 is 10.4. The van der Waals surface area contributed by atoms with Crippen molar-refractivity contribution in [1.82, 2.24) is 0 Å². The lowest BCUT2D eigenvalue weighted by Crippen LogP contribution is -2.25. The number of ether oxygens (including phenoxy) is 2. The van der Waals surface area contributed by atoms with Gasteiger partial charge in [-0.3, -0.25) is 4.79 Å². The average molecular weight is 285 g/mol. The third-order valence-corrected chi connectivity index (χ3v) is 3.38. The van der Waals surface area contributed by atoms with Crippen LogP contribution in [0.4, 0.5) is 5.69 Å². The van der Waals surface area contributed by atoms with E-state index in [1.54, 1.807) is 49.6 Å². The first kappa shape index (κ1) is 13.5. The normalized spacial score (nSPS) is 14.7. The zero-order valence-corrected chi connectivity index (χ0v) is 11.5. The molecule has 1 atom stereocenters. The zero-order valence-electron chi connectivity index (χ0n) is 11.5. The molecule has 108 valence electrons. The quantitative estimate of drug-likeness (QED) is 0.906. The van der Waals surface area contributed by atoms with Gasteiger partial charge in [-0.25, -0.2) is 0 Å². The predicted octanol–water partition coefficient (Wildman–Crippen LogP) is 2.11. The number of rotatable bonds is 3. The first-order chi connectivity index (χ1) is 10.2. The number of aliphatic hydroxyl groups is 1. The summed E-state index contributed by atoms with van der Waals surface area (Å²) in [5, 5.41) is 13.2. The molecular weight excluding hydrogens is 270 g/mol. The number of hydrogen-bond donors (Lipinski definition) is 2. The van der Waals surface area contributed by atoms with Gasteiger partial charge in [0, 0.05) is 0 Å². The summed E-state index contributed by atoms with van der Waals surface area (Å²) in [7, 11) is 1.59. The van der Waals surface area contributed by atoms with Gasteiger partial charge < -0.3 is 19.9 Å². The summed E-state index contributed by atoms with van der Waals surface area (Å²) in [6.45, 7) is 0.0212. The fraction of sp³-hybridized carbons (Fsp3) is 0.188. The molecule has 1 aliphatic heterocycles. The fourth-order valence-corrected chi connectivity index (χ4v) is 2.25. The minimum absolute atomic E-state index is 0.0212. The van der Waals surface area contributed by atoms with Crippen LogP contribution in [0, 0.1) is 0 Å². The Balaban J connectivity index is 1.88. The van der Waals surface area contributed by atoms with Crippen molar-refractivity contribution >= 4 is 11.6 Å². The molecule has 1 aliphatic rings. The highest BCUT2D eigenvalue weighted by atomic mass is 16.5. The highest BCUT2D eigenvalue weighted by Crippen LogP contribution is 2.32. The molecular formula is C16H15NO4. The SMILES string of the molecule is COc1ccc(C(O)c2ccc3c(c2)NC(=O)CO3)cc1. The predicted molar refractivity (Wildman–Crippen MR) is 77.6 cm³/mol. The first-order valence-electron chi connectivity index (χ1n) is 6.56. The molecule has 21 heavy (non-hydrogen) atoms. The fourth-order valence-electron chi connectivity index (χ4n) is 2.25. The van der Waals surface area contributed by atoms with E-state index in [-0.39, 0.29) is 12.5 Å². The van der Waals surface area contributed by atoms with Gasteiger partial charge in [-0.15, -0.1) is 0 Å². The third kappa shape index (κ3) is 2.68. The largest absolute Gasteiger partial charge is 0.497 e. The molecule has 1 heterocycles. The Labute approximate surface area is 122 Å². The molecule has 1 unspecified atom stereocenters. The highest BCUT2D eigenvalue weighted by molar-refractivity contribution is 5.95. The molecule has 0 saturated carbocycles. The average Bonchev–Trinajstić information content (AvgIpc) is 2.53. The standard InChI is InChI=1S/C16H15NO4/c1-20-12-5-2-10(3-6-12)16(19)11-4-7-14-13(8-11)17-15(18)9-21-14/h2-8,16,19H,9H2,1H3,(H,17,18). The topological polar surface area (TPSA) is 67.8 Å². The van der Waals surface area contributed by atoms with Crippen molar-refractivity contribution in [3.05, 3.63) is 53.6 Å². The summed E-state index contributed by atoms with van der Waals surface area (Å²) in [5.74, 6) is 1.15. The van der Waals surface area contributed by atoms with Crippen molar-refractivity contribution in [2.75, 3.05) is 19.0 Å².